The number of allylic oxidation sites excluding steroid dienone is 2. The van der Waals surface area contributed by atoms with Crippen molar-refractivity contribution in [2.75, 3.05) is 0 Å². The molecule has 0 amide bonds. The highest BCUT2D eigenvalue weighted by Crippen LogP contribution is 2.39. The molecule has 3 rings (SSSR count). The summed E-state index contributed by atoms with van der Waals surface area (Å²) in [5.41, 5.74) is 3.28. The van der Waals surface area contributed by atoms with Gasteiger partial charge in [-0.2, -0.15) is 4.39 Å². The lowest BCUT2D eigenvalue weighted by Gasteiger charge is -2.09. The van der Waals surface area contributed by atoms with Crippen molar-refractivity contribution in [2.24, 2.45) is 5.14 Å². The molecule has 120 valence electrons. The molecular weight excluding hydrogens is 322 g/mol. The van der Waals surface area contributed by atoms with Crippen LogP contribution in [0.1, 0.15) is 30.4 Å². The Hall–Kier alpha value is -2.12. The van der Waals surface area contributed by atoms with E-state index in [0.717, 1.165) is 42.0 Å². The van der Waals surface area contributed by atoms with Gasteiger partial charge in [-0.1, -0.05) is 12.1 Å². The van der Waals surface area contributed by atoms with Crippen molar-refractivity contribution >= 4 is 21.2 Å². The van der Waals surface area contributed by atoms with Gasteiger partial charge in [-0.25, -0.2) is 22.9 Å². The van der Waals surface area contributed by atoms with Crippen LogP contribution in [0.5, 0.6) is 0 Å². The Morgan fingerprint density at radius 2 is 1.61 bits per heavy atom. The highest BCUT2D eigenvalue weighted by Gasteiger charge is 2.19. The first-order chi connectivity index (χ1) is 10.9. The number of primary sulfonamides is 1. The quantitative estimate of drug-likeness (QED) is 0.875. The standard InChI is InChI=1S/C16H14F2N2O2S/c17-15-8-11(9-20-16(15)18)14-3-1-2-13(14)10-4-6-12(7-5-10)23(19,21)22/h4-9H,1-3H2,(H2,19,21,22). The Bertz CT molecular complexity index is 891. The van der Waals surface area contributed by atoms with Gasteiger partial charge in [0.25, 0.3) is 0 Å². The zero-order valence-corrected chi connectivity index (χ0v) is 12.9. The summed E-state index contributed by atoms with van der Waals surface area (Å²) in [6.45, 7) is 0. The molecule has 7 heteroatoms. The third-order valence-corrected chi connectivity index (χ3v) is 4.82. The van der Waals surface area contributed by atoms with Crippen molar-refractivity contribution < 1.29 is 17.2 Å². The summed E-state index contributed by atoms with van der Waals surface area (Å²) in [5, 5.41) is 5.08. The number of nitrogens with two attached hydrogens (primary N) is 1. The average Bonchev–Trinajstić information content (AvgIpc) is 2.99. The molecule has 0 aliphatic heterocycles. The van der Waals surface area contributed by atoms with E-state index in [1.54, 1.807) is 12.1 Å². The zero-order chi connectivity index (χ0) is 16.6. The average molecular weight is 336 g/mol. The van der Waals surface area contributed by atoms with E-state index in [1.165, 1.54) is 18.3 Å². The van der Waals surface area contributed by atoms with Crippen LogP contribution in [0.25, 0.3) is 11.1 Å². The normalized spacial score (nSPS) is 15.3. The molecule has 2 aromatic rings. The van der Waals surface area contributed by atoms with Crippen LogP contribution in [0.15, 0.2) is 41.4 Å². The number of aromatic nitrogens is 1. The fourth-order valence-corrected chi connectivity index (χ4v) is 3.33. The van der Waals surface area contributed by atoms with Gasteiger partial charge >= 0.3 is 0 Å². The van der Waals surface area contributed by atoms with E-state index in [4.69, 9.17) is 5.14 Å². The summed E-state index contributed by atoms with van der Waals surface area (Å²) in [4.78, 5) is 3.46. The topological polar surface area (TPSA) is 73.1 Å². The fourth-order valence-electron chi connectivity index (χ4n) is 2.81. The highest BCUT2D eigenvalue weighted by molar-refractivity contribution is 7.89. The Labute approximate surface area is 132 Å². The van der Waals surface area contributed by atoms with E-state index in [2.05, 4.69) is 4.98 Å². The molecule has 1 aliphatic rings. The third kappa shape index (κ3) is 3.16. The second kappa shape index (κ2) is 5.82. The summed E-state index contributed by atoms with van der Waals surface area (Å²) in [6, 6.07) is 7.37. The van der Waals surface area contributed by atoms with Crippen molar-refractivity contribution in [3.05, 3.63) is 59.4 Å². The maximum atomic E-state index is 13.4. The van der Waals surface area contributed by atoms with Crippen LogP contribution in [-0.2, 0) is 10.0 Å². The van der Waals surface area contributed by atoms with Crippen LogP contribution >= 0.6 is 0 Å². The zero-order valence-electron chi connectivity index (χ0n) is 12.1. The Morgan fingerprint density at radius 3 is 2.17 bits per heavy atom. The van der Waals surface area contributed by atoms with E-state index < -0.39 is 21.8 Å². The predicted octanol–water partition coefficient (Wildman–Crippen LogP) is 3.10. The van der Waals surface area contributed by atoms with Gasteiger partial charge in [0, 0.05) is 6.20 Å². The predicted molar refractivity (Wildman–Crippen MR) is 82.6 cm³/mol. The Morgan fingerprint density at radius 1 is 1.00 bits per heavy atom. The smallest absolute Gasteiger partial charge is 0.225 e. The molecule has 0 atom stereocenters. The van der Waals surface area contributed by atoms with Crippen LogP contribution in [-0.4, -0.2) is 13.4 Å². The second-order valence-corrected chi connectivity index (χ2v) is 6.94. The number of nitrogens with zero attached hydrogens (tertiary/aromatic N) is 1. The van der Waals surface area contributed by atoms with Crippen molar-refractivity contribution in [3.63, 3.8) is 0 Å². The van der Waals surface area contributed by atoms with Crippen molar-refractivity contribution in [3.8, 4) is 0 Å². The minimum atomic E-state index is -3.74. The molecule has 0 bridgehead atoms. The van der Waals surface area contributed by atoms with Gasteiger partial charge in [0.05, 0.1) is 4.90 Å². The molecule has 0 saturated carbocycles. The third-order valence-electron chi connectivity index (χ3n) is 3.89. The van der Waals surface area contributed by atoms with E-state index in [0.29, 0.717) is 5.56 Å². The lowest BCUT2D eigenvalue weighted by atomic mass is 9.98. The lowest BCUT2D eigenvalue weighted by molar-refractivity contribution is 0.479. The van der Waals surface area contributed by atoms with Gasteiger partial charge in [0.15, 0.2) is 5.82 Å². The molecular formula is C16H14F2N2O2S. The van der Waals surface area contributed by atoms with Gasteiger partial charge in [-0.05, 0) is 59.7 Å². The molecule has 0 spiro atoms. The van der Waals surface area contributed by atoms with Crippen molar-refractivity contribution in [2.45, 2.75) is 24.2 Å². The summed E-state index contributed by atoms with van der Waals surface area (Å²) < 4.78 is 49.0. The Balaban J connectivity index is 2.04. The molecule has 1 aliphatic carbocycles. The van der Waals surface area contributed by atoms with E-state index in [9.17, 15) is 17.2 Å². The molecule has 0 saturated heterocycles. The number of benzene rings is 1. The van der Waals surface area contributed by atoms with Crippen LogP contribution in [0.4, 0.5) is 8.78 Å². The number of sulfonamides is 1. The first kappa shape index (κ1) is 15.8. The molecule has 0 radical (unpaired) electrons. The van der Waals surface area contributed by atoms with Gasteiger partial charge in [0.2, 0.25) is 16.0 Å². The number of hydrogen-bond acceptors (Lipinski definition) is 3. The molecule has 4 nitrogen and oxygen atoms in total. The molecule has 1 aromatic carbocycles. The molecule has 1 aromatic heterocycles. The van der Waals surface area contributed by atoms with E-state index in [-0.39, 0.29) is 4.90 Å². The first-order valence-electron chi connectivity index (χ1n) is 7.03. The molecule has 0 fully saturated rings. The summed E-state index contributed by atoms with van der Waals surface area (Å²) >= 11 is 0. The molecule has 1 heterocycles. The molecule has 2 N–H and O–H groups in total. The van der Waals surface area contributed by atoms with E-state index >= 15 is 0 Å². The summed E-state index contributed by atoms with van der Waals surface area (Å²) in [7, 11) is -3.74. The van der Waals surface area contributed by atoms with Crippen LogP contribution < -0.4 is 5.14 Å². The number of hydrogen-bond donors (Lipinski definition) is 1. The van der Waals surface area contributed by atoms with Crippen LogP contribution in [0.3, 0.4) is 0 Å². The van der Waals surface area contributed by atoms with Gasteiger partial charge < -0.3 is 0 Å². The minimum Gasteiger partial charge on any atom is -0.225 e. The number of halogens is 2. The second-order valence-electron chi connectivity index (χ2n) is 5.38. The lowest BCUT2D eigenvalue weighted by Crippen LogP contribution is -2.11. The van der Waals surface area contributed by atoms with Gasteiger partial charge in [0.1, 0.15) is 0 Å². The summed E-state index contributed by atoms with van der Waals surface area (Å²) in [6.07, 6.45) is 3.72. The van der Waals surface area contributed by atoms with Gasteiger partial charge in [-0.3, -0.25) is 0 Å². The Kier molecular flexibility index (Phi) is 3.99. The van der Waals surface area contributed by atoms with E-state index in [1.807, 2.05) is 0 Å². The SMILES string of the molecule is NS(=O)(=O)c1ccc(C2=C(c3cnc(F)c(F)c3)CCC2)cc1. The first-order valence-corrected chi connectivity index (χ1v) is 8.57. The van der Waals surface area contributed by atoms with Crippen molar-refractivity contribution in [1.29, 1.82) is 0 Å². The number of pyridine rings is 1. The monoisotopic (exact) mass is 336 g/mol. The minimum absolute atomic E-state index is 0.0379. The highest BCUT2D eigenvalue weighted by atomic mass is 32.2. The van der Waals surface area contributed by atoms with Crippen LogP contribution in [0.2, 0.25) is 0 Å². The van der Waals surface area contributed by atoms with Crippen molar-refractivity contribution in [1.82, 2.24) is 4.98 Å². The van der Waals surface area contributed by atoms with Crippen LogP contribution in [0, 0.1) is 11.8 Å². The fraction of sp³-hybridized carbons (Fsp3) is 0.188. The molecule has 23 heavy (non-hydrogen) atoms. The maximum absolute atomic E-state index is 13.4. The summed E-state index contributed by atoms with van der Waals surface area (Å²) in [5.74, 6) is -2.10. The number of rotatable bonds is 3. The largest absolute Gasteiger partial charge is 0.248 e. The maximum Gasteiger partial charge on any atom is 0.248 e. The molecule has 0 unspecified atom stereocenters. The van der Waals surface area contributed by atoms with Gasteiger partial charge in [-0.15, -0.1) is 0 Å².